The second kappa shape index (κ2) is 5.01. The number of nitrogen functional groups attached to an aromatic ring is 1. The summed E-state index contributed by atoms with van der Waals surface area (Å²) in [6.45, 7) is 4.63. The smallest absolute Gasteiger partial charge is 0.147 e. The van der Waals surface area contributed by atoms with Crippen molar-refractivity contribution in [3.63, 3.8) is 0 Å². The molecule has 0 aliphatic rings. The zero-order valence-electron chi connectivity index (χ0n) is 10.1. The van der Waals surface area contributed by atoms with Crippen molar-refractivity contribution in [2.45, 2.75) is 20.1 Å². The minimum absolute atomic E-state index is 0.0393. The molecule has 0 saturated heterocycles. The molecule has 1 heterocycles. The zero-order chi connectivity index (χ0) is 12.3. The Hall–Kier alpha value is -1.81. The lowest BCUT2D eigenvalue weighted by molar-refractivity contribution is 0.0160. The first-order valence-corrected chi connectivity index (χ1v) is 5.72. The van der Waals surface area contributed by atoms with E-state index >= 15 is 0 Å². The minimum atomic E-state index is -0.0393. The van der Waals surface area contributed by atoms with Gasteiger partial charge in [-0.05, 0) is 31.5 Å². The molecule has 1 unspecified atom stereocenters. The van der Waals surface area contributed by atoms with E-state index < -0.39 is 0 Å². The molecule has 0 aliphatic heterocycles. The molecular formula is C13H17N3O. The van der Waals surface area contributed by atoms with E-state index in [0.29, 0.717) is 6.61 Å². The predicted octanol–water partition coefficient (Wildman–Crippen LogP) is 2.69. The fourth-order valence-electron chi connectivity index (χ4n) is 1.68. The number of rotatable bonds is 4. The monoisotopic (exact) mass is 231 g/mol. The van der Waals surface area contributed by atoms with Gasteiger partial charge in [0, 0.05) is 24.1 Å². The van der Waals surface area contributed by atoms with Crippen molar-refractivity contribution in [1.29, 1.82) is 0 Å². The van der Waals surface area contributed by atoms with Gasteiger partial charge in [0.1, 0.15) is 6.23 Å². The van der Waals surface area contributed by atoms with E-state index in [4.69, 9.17) is 10.5 Å². The lowest BCUT2D eigenvalue weighted by Gasteiger charge is -2.11. The SMILES string of the molecule is CCOC(C)n1cc(-c2ccc(N)cc2)cn1. The van der Waals surface area contributed by atoms with E-state index in [9.17, 15) is 0 Å². The van der Waals surface area contributed by atoms with Crippen LogP contribution in [0.4, 0.5) is 5.69 Å². The first-order chi connectivity index (χ1) is 8.20. The average molecular weight is 231 g/mol. The van der Waals surface area contributed by atoms with Crippen LogP contribution in [-0.4, -0.2) is 16.4 Å². The molecule has 1 aromatic carbocycles. The second-order valence-corrected chi connectivity index (χ2v) is 3.89. The van der Waals surface area contributed by atoms with E-state index in [1.807, 2.05) is 55.2 Å². The Morgan fingerprint density at radius 1 is 1.29 bits per heavy atom. The molecule has 90 valence electrons. The molecule has 0 fully saturated rings. The third-order valence-electron chi connectivity index (χ3n) is 2.63. The van der Waals surface area contributed by atoms with Crippen molar-refractivity contribution in [2.75, 3.05) is 12.3 Å². The lowest BCUT2D eigenvalue weighted by atomic mass is 10.1. The normalized spacial score (nSPS) is 12.6. The van der Waals surface area contributed by atoms with Gasteiger partial charge in [-0.25, -0.2) is 4.68 Å². The number of anilines is 1. The number of hydrogen-bond donors (Lipinski definition) is 1. The number of aromatic nitrogens is 2. The molecule has 4 heteroatoms. The highest BCUT2D eigenvalue weighted by atomic mass is 16.5. The van der Waals surface area contributed by atoms with E-state index in [-0.39, 0.29) is 6.23 Å². The largest absolute Gasteiger partial charge is 0.399 e. The average Bonchev–Trinajstić information content (AvgIpc) is 2.80. The molecule has 0 aliphatic carbocycles. The number of nitrogens with zero attached hydrogens (tertiary/aromatic N) is 2. The maximum Gasteiger partial charge on any atom is 0.147 e. The first-order valence-electron chi connectivity index (χ1n) is 5.72. The maximum absolute atomic E-state index is 5.66. The van der Waals surface area contributed by atoms with Gasteiger partial charge in [-0.3, -0.25) is 0 Å². The van der Waals surface area contributed by atoms with Crippen LogP contribution in [0, 0.1) is 0 Å². The van der Waals surface area contributed by atoms with Crippen LogP contribution >= 0.6 is 0 Å². The van der Waals surface area contributed by atoms with Crippen molar-refractivity contribution >= 4 is 5.69 Å². The number of benzene rings is 1. The fourth-order valence-corrected chi connectivity index (χ4v) is 1.68. The molecule has 17 heavy (non-hydrogen) atoms. The summed E-state index contributed by atoms with van der Waals surface area (Å²) < 4.78 is 7.29. The van der Waals surface area contributed by atoms with Crippen LogP contribution in [0.5, 0.6) is 0 Å². The van der Waals surface area contributed by atoms with Crippen LogP contribution < -0.4 is 5.73 Å². The molecule has 2 N–H and O–H groups in total. The highest BCUT2D eigenvalue weighted by Gasteiger charge is 2.06. The maximum atomic E-state index is 5.66. The Morgan fingerprint density at radius 3 is 2.65 bits per heavy atom. The summed E-state index contributed by atoms with van der Waals surface area (Å²) in [5.41, 5.74) is 8.60. The molecule has 4 nitrogen and oxygen atoms in total. The summed E-state index contributed by atoms with van der Waals surface area (Å²) in [6.07, 6.45) is 3.77. The first kappa shape index (κ1) is 11.7. The molecule has 0 saturated carbocycles. The standard InChI is InChI=1S/C13H17N3O/c1-3-17-10(2)16-9-12(8-15-16)11-4-6-13(14)7-5-11/h4-10H,3,14H2,1-2H3. The zero-order valence-corrected chi connectivity index (χ0v) is 10.1. The van der Waals surface area contributed by atoms with Gasteiger partial charge in [0.25, 0.3) is 0 Å². The predicted molar refractivity (Wildman–Crippen MR) is 68.4 cm³/mol. The lowest BCUT2D eigenvalue weighted by Crippen LogP contribution is -2.09. The van der Waals surface area contributed by atoms with Gasteiger partial charge < -0.3 is 10.5 Å². The van der Waals surface area contributed by atoms with Crippen molar-refractivity contribution in [2.24, 2.45) is 0 Å². The molecule has 2 rings (SSSR count). The Balaban J connectivity index is 2.20. The number of hydrogen-bond acceptors (Lipinski definition) is 3. The van der Waals surface area contributed by atoms with Gasteiger partial charge in [-0.2, -0.15) is 5.10 Å². The Labute approximate surface area is 101 Å². The van der Waals surface area contributed by atoms with E-state index in [1.54, 1.807) is 0 Å². The summed E-state index contributed by atoms with van der Waals surface area (Å²) in [7, 11) is 0. The fraction of sp³-hybridized carbons (Fsp3) is 0.308. The minimum Gasteiger partial charge on any atom is -0.399 e. The van der Waals surface area contributed by atoms with Crippen LogP contribution in [0.2, 0.25) is 0 Å². The molecule has 0 radical (unpaired) electrons. The van der Waals surface area contributed by atoms with Crippen LogP contribution in [0.3, 0.4) is 0 Å². The van der Waals surface area contributed by atoms with Gasteiger partial charge >= 0.3 is 0 Å². The number of nitrogens with two attached hydrogens (primary N) is 1. The summed E-state index contributed by atoms with van der Waals surface area (Å²) in [6, 6.07) is 7.75. The molecule has 2 aromatic rings. The van der Waals surface area contributed by atoms with Crippen molar-refractivity contribution in [3.8, 4) is 11.1 Å². The van der Waals surface area contributed by atoms with Crippen molar-refractivity contribution < 1.29 is 4.74 Å². The topological polar surface area (TPSA) is 53.1 Å². The summed E-state index contributed by atoms with van der Waals surface area (Å²) in [5, 5.41) is 4.29. The highest BCUT2D eigenvalue weighted by Crippen LogP contribution is 2.21. The van der Waals surface area contributed by atoms with Crippen LogP contribution in [0.1, 0.15) is 20.1 Å². The van der Waals surface area contributed by atoms with Gasteiger partial charge in [0.2, 0.25) is 0 Å². The molecule has 0 spiro atoms. The molecule has 1 aromatic heterocycles. The van der Waals surface area contributed by atoms with E-state index in [2.05, 4.69) is 5.10 Å². The van der Waals surface area contributed by atoms with Crippen LogP contribution in [0.25, 0.3) is 11.1 Å². The van der Waals surface area contributed by atoms with Crippen molar-refractivity contribution in [3.05, 3.63) is 36.7 Å². The quantitative estimate of drug-likeness (QED) is 0.823. The van der Waals surface area contributed by atoms with Gasteiger partial charge in [-0.1, -0.05) is 12.1 Å². The Bertz CT molecular complexity index is 476. The third-order valence-corrected chi connectivity index (χ3v) is 2.63. The van der Waals surface area contributed by atoms with E-state index in [1.165, 1.54) is 0 Å². The third kappa shape index (κ3) is 2.65. The molecule has 0 bridgehead atoms. The Kier molecular flexibility index (Phi) is 3.44. The van der Waals surface area contributed by atoms with E-state index in [0.717, 1.165) is 16.8 Å². The van der Waals surface area contributed by atoms with Gasteiger partial charge in [0.05, 0.1) is 6.20 Å². The van der Waals surface area contributed by atoms with Gasteiger partial charge in [-0.15, -0.1) is 0 Å². The molecule has 1 atom stereocenters. The Morgan fingerprint density at radius 2 is 2.00 bits per heavy atom. The number of ether oxygens (including phenoxy) is 1. The highest BCUT2D eigenvalue weighted by molar-refractivity contribution is 5.63. The van der Waals surface area contributed by atoms with Gasteiger partial charge in [0.15, 0.2) is 0 Å². The summed E-state index contributed by atoms with van der Waals surface area (Å²) >= 11 is 0. The van der Waals surface area contributed by atoms with Crippen LogP contribution in [0.15, 0.2) is 36.7 Å². The van der Waals surface area contributed by atoms with Crippen molar-refractivity contribution in [1.82, 2.24) is 9.78 Å². The van der Waals surface area contributed by atoms with Crippen LogP contribution in [-0.2, 0) is 4.74 Å². The summed E-state index contributed by atoms with van der Waals surface area (Å²) in [4.78, 5) is 0. The molecule has 0 amide bonds. The second-order valence-electron chi connectivity index (χ2n) is 3.89. The molecular weight excluding hydrogens is 214 g/mol. The summed E-state index contributed by atoms with van der Waals surface area (Å²) in [5.74, 6) is 0.